The van der Waals surface area contributed by atoms with Crippen LogP contribution in [-0.2, 0) is 0 Å². The third kappa shape index (κ3) is 4.57. The Labute approximate surface area is 290 Å². The summed E-state index contributed by atoms with van der Waals surface area (Å²) >= 11 is 0. The Bertz CT molecular complexity index is 2850. The average Bonchev–Trinajstić information content (AvgIpc) is 3.53. The van der Waals surface area contributed by atoms with Crippen LogP contribution < -0.4 is 4.90 Å². The smallest absolute Gasteiger partial charge is 0.0553 e. The van der Waals surface area contributed by atoms with Crippen LogP contribution in [0.25, 0.3) is 72.0 Å². The van der Waals surface area contributed by atoms with Gasteiger partial charge in [0, 0.05) is 33.2 Å². The van der Waals surface area contributed by atoms with E-state index in [2.05, 4.69) is 204 Å². The molecule has 2 nitrogen and oxygen atoms in total. The zero-order valence-corrected chi connectivity index (χ0v) is 27.4. The molecule has 0 fully saturated rings. The van der Waals surface area contributed by atoms with Crippen molar-refractivity contribution in [1.82, 2.24) is 4.57 Å². The summed E-state index contributed by atoms with van der Waals surface area (Å²) in [6.07, 6.45) is 4.47. The zero-order chi connectivity index (χ0) is 33.0. The molecule has 0 unspecified atom stereocenters. The Morgan fingerprint density at radius 1 is 0.380 bits per heavy atom. The lowest BCUT2D eigenvalue weighted by Gasteiger charge is -2.27. The van der Waals surface area contributed by atoms with E-state index in [0.29, 0.717) is 0 Å². The highest BCUT2D eigenvalue weighted by Gasteiger charge is 2.18. The molecule has 0 aliphatic rings. The average molecular weight is 637 g/mol. The van der Waals surface area contributed by atoms with E-state index in [9.17, 15) is 0 Å². The van der Waals surface area contributed by atoms with E-state index in [1.54, 1.807) is 0 Å². The molecular weight excluding hydrogens is 605 g/mol. The van der Waals surface area contributed by atoms with Crippen molar-refractivity contribution in [3.05, 3.63) is 193 Å². The van der Waals surface area contributed by atoms with Gasteiger partial charge in [0.05, 0.1) is 16.7 Å². The van der Waals surface area contributed by atoms with Gasteiger partial charge in [-0.15, -0.1) is 0 Å². The van der Waals surface area contributed by atoms with Crippen LogP contribution in [-0.4, -0.2) is 4.57 Å². The molecule has 0 amide bonds. The summed E-state index contributed by atoms with van der Waals surface area (Å²) in [6, 6.07) is 65.8. The standard InChI is InChI=1S/C48H32N2/c1-3-14-38(15-4-1)49(45-32-36-12-7-8-18-41(36)42-19-9-10-20-43(42)45)40-28-24-33(25-29-40)22-23-34-30-37-27-26-35-13-11-21-44-47(35)48(37)46(31-34)50(44)39-16-5-2-6-17-39/h1-32H/b23-22+. The molecular formula is C48H32N2. The largest absolute Gasteiger partial charge is 0.310 e. The Kier molecular flexibility index (Phi) is 6.53. The number of anilines is 3. The van der Waals surface area contributed by atoms with Gasteiger partial charge in [0.1, 0.15) is 0 Å². The predicted molar refractivity (Wildman–Crippen MR) is 215 cm³/mol. The Balaban J connectivity index is 1.06. The summed E-state index contributed by atoms with van der Waals surface area (Å²) < 4.78 is 2.41. The molecule has 2 heteroatoms. The van der Waals surface area contributed by atoms with Gasteiger partial charge in [-0.05, 0) is 98.7 Å². The third-order valence-electron chi connectivity index (χ3n) is 10.1. The molecule has 1 heterocycles. The zero-order valence-electron chi connectivity index (χ0n) is 27.4. The fourth-order valence-electron chi connectivity index (χ4n) is 7.82. The van der Waals surface area contributed by atoms with Crippen LogP contribution in [0, 0.1) is 0 Å². The molecule has 0 aliphatic heterocycles. The van der Waals surface area contributed by atoms with Gasteiger partial charge < -0.3 is 9.47 Å². The van der Waals surface area contributed by atoms with Gasteiger partial charge in [0.15, 0.2) is 0 Å². The number of rotatable bonds is 6. The highest BCUT2D eigenvalue weighted by Crippen LogP contribution is 2.42. The van der Waals surface area contributed by atoms with E-state index in [-0.39, 0.29) is 0 Å². The molecule has 10 rings (SSSR count). The van der Waals surface area contributed by atoms with Crippen LogP contribution in [0.5, 0.6) is 0 Å². The molecule has 0 aliphatic carbocycles. The summed E-state index contributed by atoms with van der Waals surface area (Å²) in [5, 5.41) is 10.2. The van der Waals surface area contributed by atoms with E-state index in [4.69, 9.17) is 0 Å². The second kappa shape index (κ2) is 11.5. The van der Waals surface area contributed by atoms with Crippen molar-refractivity contribution in [2.45, 2.75) is 0 Å². The molecule has 0 N–H and O–H groups in total. The number of hydrogen-bond donors (Lipinski definition) is 0. The number of benzene rings is 9. The minimum Gasteiger partial charge on any atom is -0.310 e. The first kappa shape index (κ1) is 28.4. The molecule has 0 saturated carbocycles. The Hall–Kier alpha value is -6.64. The monoisotopic (exact) mass is 636 g/mol. The van der Waals surface area contributed by atoms with Crippen molar-refractivity contribution in [1.29, 1.82) is 0 Å². The topological polar surface area (TPSA) is 8.17 Å². The lowest BCUT2D eigenvalue weighted by Crippen LogP contribution is -2.10. The summed E-state index contributed by atoms with van der Waals surface area (Å²) in [6.45, 7) is 0. The van der Waals surface area contributed by atoms with Crippen molar-refractivity contribution >= 4 is 83.3 Å². The van der Waals surface area contributed by atoms with Crippen molar-refractivity contribution in [2.75, 3.05) is 4.90 Å². The van der Waals surface area contributed by atoms with Crippen LogP contribution in [0.15, 0.2) is 182 Å². The number of hydrogen-bond acceptors (Lipinski definition) is 1. The van der Waals surface area contributed by atoms with Crippen molar-refractivity contribution in [3.8, 4) is 5.69 Å². The van der Waals surface area contributed by atoms with Gasteiger partial charge in [-0.2, -0.15) is 0 Å². The molecule has 9 aromatic carbocycles. The van der Waals surface area contributed by atoms with E-state index < -0.39 is 0 Å². The highest BCUT2D eigenvalue weighted by atomic mass is 15.1. The highest BCUT2D eigenvalue weighted by molar-refractivity contribution is 6.24. The number of para-hydroxylation sites is 2. The normalized spacial score (nSPS) is 11.9. The van der Waals surface area contributed by atoms with Gasteiger partial charge >= 0.3 is 0 Å². The van der Waals surface area contributed by atoms with Crippen LogP contribution in [0.1, 0.15) is 11.1 Å². The van der Waals surface area contributed by atoms with E-state index in [0.717, 1.165) is 16.9 Å². The van der Waals surface area contributed by atoms with Gasteiger partial charge in [-0.3, -0.25) is 0 Å². The van der Waals surface area contributed by atoms with Crippen LogP contribution in [0.2, 0.25) is 0 Å². The van der Waals surface area contributed by atoms with E-state index >= 15 is 0 Å². The second-order valence-electron chi connectivity index (χ2n) is 13.0. The number of nitrogens with zero attached hydrogens (tertiary/aromatic N) is 2. The summed E-state index contributed by atoms with van der Waals surface area (Å²) in [4.78, 5) is 2.38. The van der Waals surface area contributed by atoms with Gasteiger partial charge in [-0.1, -0.05) is 133 Å². The summed E-state index contributed by atoms with van der Waals surface area (Å²) in [5.41, 5.74) is 9.40. The van der Waals surface area contributed by atoms with Crippen LogP contribution in [0.3, 0.4) is 0 Å². The molecule has 0 atom stereocenters. The minimum atomic E-state index is 1.12. The van der Waals surface area contributed by atoms with Gasteiger partial charge in [-0.25, -0.2) is 0 Å². The van der Waals surface area contributed by atoms with Crippen LogP contribution >= 0.6 is 0 Å². The van der Waals surface area contributed by atoms with Gasteiger partial charge in [0.25, 0.3) is 0 Å². The molecule has 0 radical (unpaired) electrons. The van der Waals surface area contributed by atoms with Gasteiger partial charge in [0.2, 0.25) is 0 Å². The third-order valence-corrected chi connectivity index (χ3v) is 10.1. The quantitative estimate of drug-likeness (QED) is 0.130. The summed E-state index contributed by atoms with van der Waals surface area (Å²) in [7, 11) is 0. The van der Waals surface area contributed by atoms with Crippen molar-refractivity contribution in [3.63, 3.8) is 0 Å². The molecule has 1 aromatic heterocycles. The number of fused-ring (bicyclic) bond motifs is 3. The maximum atomic E-state index is 2.41. The fourth-order valence-corrected chi connectivity index (χ4v) is 7.82. The number of aromatic nitrogens is 1. The molecule has 0 saturated heterocycles. The lowest BCUT2D eigenvalue weighted by atomic mass is 9.99. The molecule has 10 aromatic rings. The molecule has 0 spiro atoms. The van der Waals surface area contributed by atoms with E-state index in [1.807, 2.05) is 0 Å². The molecule has 0 bridgehead atoms. The Morgan fingerprint density at radius 2 is 1.00 bits per heavy atom. The van der Waals surface area contributed by atoms with E-state index in [1.165, 1.54) is 71.1 Å². The predicted octanol–water partition coefficient (Wildman–Crippen LogP) is 13.3. The first-order valence-corrected chi connectivity index (χ1v) is 17.2. The fraction of sp³-hybridized carbons (Fsp3) is 0. The molecule has 50 heavy (non-hydrogen) atoms. The maximum Gasteiger partial charge on any atom is 0.0553 e. The summed E-state index contributed by atoms with van der Waals surface area (Å²) in [5.74, 6) is 0. The first-order chi connectivity index (χ1) is 24.8. The van der Waals surface area contributed by atoms with Crippen LogP contribution in [0.4, 0.5) is 17.1 Å². The maximum absolute atomic E-state index is 2.41. The minimum absolute atomic E-state index is 1.12. The van der Waals surface area contributed by atoms with Crippen molar-refractivity contribution in [2.24, 2.45) is 0 Å². The second-order valence-corrected chi connectivity index (χ2v) is 13.0. The Morgan fingerprint density at radius 3 is 1.82 bits per heavy atom. The first-order valence-electron chi connectivity index (χ1n) is 17.2. The molecule has 234 valence electrons. The SMILES string of the molecule is C(=C\c1cc2ccc3cccc4c3c2c(c1)n4-c1ccccc1)/c1ccc(N(c2ccccc2)c2cc3ccccc3c3ccccc23)cc1. The lowest BCUT2D eigenvalue weighted by molar-refractivity contribution is 1.18. The van der Waals surface area contributed by atoms with Crippen molar-refractivity contribution < 1.29 is 0 Å².